The van der Waals surface area contributed by atoms with Crippen molar-refractivity contribution < 1.29 is 9.59 Å². The fourth-order valence-electron chi connectivity index (χ4n) is 4.16. The summed E-state index contributed by atoms with van der Waals surface area (Å²) in [4.78, 5) is 27.3. The minimum absolute atomic E-state index is 0.0920. The Morgan fingerprint density at radius 3 is 2.14 bits per heavy atom. The Kier molecular flexibility index (Phi) is 6.27. The van der Waals surface area contributed by atoms with E-state index in [1.54, 1.807) is 0 Å². The molecule has 126 valence electrons. The summed E-state index contributed by atoms with van der Waals surface area (Å²) < 4.78 is 0. The Morgan fingerprint density at radius 1 is 1.00 bits per heavy atom. The number of nitrogens with zero attached hydrogens (tertiary/aromatic N) is 1. The van der Waals surface area contributed by atoms with E-state index in [2.05, 4.69) is 5.32 Å². The summed E-state index contributed by atoms with van der Waals surface area (Å²) in [6.07, 6.45) is 10.3. The van der Waals surface area contributed by atoms with Crippen LogP contribution in [0.25, 0.3) is 0 Å². The SMILES string of the molecule is CCN(CC)C(=O)C1(NC(=O)CC2CCCC2)CCCCC1. The molecule has 0 radical (unpaired) electrons. The van der Waals surface area contributed by atoms with Crippen molar-refractivity contribution >= 4 is 11.8 Å². The smallest absolute Gasteiger partial charge is 0.248 e. The highest BCUT2D eigenvalue weighted by Crippen LogP contribution is 2.32. The van der Waals surface area contributed by atoms with E-state index in [9.17, 15) is 9.59 Å². The molecule has 0 atom stereocenters. The number of rotatable bonds is 6. The largest absolute Gasteiger partial charge is 0.342 e. The van der Waals surface area contributed by atoms with E-state index in [1.807, 2.05) is 18.7 Å². The third kappa shape index (κ3) is 4.02. The van der Waals surface area contributed by atoms with E-state index in [-0.39, 0.29) is 11.8 Å². The van der Waals surface area contributed by atoms with Crippen molar-refractivity contribution in [3.05, 3.63) is 0 Å². The van der Waals surface area contributed by atoms with Crippen LogP contribution in [0.4, 0.5) is 0 Å². The zero-order chi connectivity index (χ0) is 16.0. The van der Waals surface area contributed by atoms with Gasteiger partial charge in [0.2, 0.25) is 11.8 Å². The van der Waals surface area contributed by atoms with E-state index in [4.69, 9.17) is 0 Å². The predicted molar refractivity (Wildman–Crippen MR) is 88.5 cm³/mol. The first kappa shape index (κ1) is 17.3. The second-order valence-corrected chi connectivity index (χ2v) is 7.02. The molecule has 4 nitrogen and oxygen atoms in total. The van der Waals surface area contributed by atoms with Gasteiger partial charge in [-0.1, -0.05) is 32.1 Å². The van der Waals surface area contributed by atoms with Crippen LogP contribution in [0, 0.1) is 5.92 Å². The molecule has 2 aliphatic carbocycles. The van der Waals surface area contributed by atoms with E-state index >= 15 is 0 Å². The van der Waals surface area contributed by atoms with Gasteiger partial charge in [-0.3, -0.25) is 9.59 Å². The Morgan fingerprint density at radius 2 is 1.59 bits per heavy atom. The van der Waals surface area contributed by atoms with E-state index in [1.165, 1.54) is 32.1 Å². The lowest BCUT2D eigenvalue weighted by molar-refractivity contribution is -0.143. The van der Waals surface area contributed by atoms with Crippen LogP contribution in [0.3, 0.4) is 0 Å². The second-order valence-electron chi connectivity index (χ2n) is 7.02. The molecule has 0 saturated heterocycles. The average molecular weight is 308 g/mol. The van der Waals surface area contributed by atoms with Gasteiger partial charge in [0, 0.05) is 19.5 Å². The molecule has 1 N–H and O–H groups in total. The first-order valence-corrected chi connectivity index (χ1v) is 9.21. The monoisotopic (exact) mass is 308 g/mol. The minimum atomic E-state index is -0.625. The topological polar surface area (TPSA) is 49.4 Å². The summed E-state index contributed by atoms with van der Waals surface area (Å²) in [7, 11) is 0. The van der Waals surface area contributed by atoms with Crippen molar-refractivity contribution in [2.24, 2.45) is 5.92 Å². The van der Waals surface area contributed by atoms with E-state index in [0.29, 0.717) is 12.3 Å². The fourth-order valence-corrected chi connectivity index (χ4v) is 4.16. The van der Waals surface area contributed by atoms with Gasteiger partial charge >= 0.3 is 0 Å². The number of nitrogens with one attached hydrogen (secondary N) is 1. The minimum Gasteiger partial charge on any atom is -0.342 e. The third-order valence-electron chi connectivity index (χ3n) is 5.49. The van der Waals surface area contributed by atoms with Gasteiger partial charge < -0.3 is 10.2 Å². The van der Waals surface area contributed by atoms with Crippen LogP contribution < -0.4 is 5.32 Å². The molecule has 0 aromatic carbocycles. The number of likely N-dealkylation sites (N-methyl/N-ethyl adjacent to an activating group) is 1. The Hall–Kier alpha value is -1.06. The normalized spacial score (nSPS) is 21.5. The molecule has 0 aromatic heterocycles. The highest BCUT2D eigenvalue weighted by Gasteiger charge is 2.42. The first-order chi connectivity index (χ1) is 10.6. The lowest BCUT2D eigenvalue weighted by atomic mass is 9.80. The Bertz CT molecular complexity index is 379. The van der Waals surface area contributed by atoms with E-state index in [0.717, 1.165) is 38.8 Å². The maximum atomic E-state index is 13.0. The molecule has 2 aliphatic rings. The number of hydrogen-bond acceptors (Lipinski definition) is 2. The average Bonchev–Trinajstić information content (AvgIpc) is 3.02. The molecule has 0 bridgehead atoms. The van der Waals surface area contributed by atoms with Crippen molar-refractivity contribution in [3.63, 3.8) is 0 Å². The van der Waals surface area contributed by atoms with Crippen LogP contribution in [-0.4, -0.2) is 35.3 Å². The third-order valence-corrected chi connectivity index (χ3v) is 5.49. The number of hydrogen-bond donors (Lipinski definition) is 1. The molecule has 4 heteroatoms. The zero-order valence-electron chi connectivity index (χ0n) is 14.3. The summed E-state index contributed by atoms with van der Waals surface area (Å²) in [5.74, 6) is 0.760. The number of carbonyl (C=O) groups excluding carboxylic acids is 2. The van der Waals surface area contributed by atoms with Gasteiger partial charge in [-0.25, -0.2) is 0 Å². The summed E-state index contributed by atoms with van der Waals surface area (Å²) in [6.45, 7) is 5.46. The molecular weight excluding hydrogens is 276 g/mol. The van der Waals surface area contributed by atoms with Crippen LogP contribution in [0.1, 0.15) is 78.1 Å². The van der Waals surface area contributed by atoms with Crippen molar-refractivity contribution in [1.82, 2.24) is 10.2 Å². The summed E-state index contributed by atoms with van der Waals surface area (Å²) in [6, 6.07) is 0. The molecular formula is C18H32N2O2. The molecule has 2 rings (SSSR count). The molecule has 0 aliphatic heterocycles. The van der Waals surface area contributed by atoms with Gasteiger partial charge in [-0.15, -0.1) is 0 Å². The van der Waals surface area contributed by atoms with Gasteiger partial charge in [0.05, 0.1) is 0 Å². The van der Waals surface area contributed by atoms with Gasteiger partial charge in [0.15, 0.2) is 0 Å². The van der Waals surface area contributed by atoms with Gasteiger partial charge in [0.25, 0.3) is 0 Å². The quantitative estimate of drug-likeness (QED) is 0.819. The fraction of sp³-hybridized carbons (Fsp3) is 0.889. The van der Waals surface area contributed by atoms with Crippen molar-refractivity contribution in [2.75, 3.05) is 13.1 Å². The van der Waals surface area contributed by atoms with E-state index < -0.39 is 5.54 Å². The maximum Gasteiger partial charge on any atom is 0.248 e. The van der Waals surface area contributed by atoms with Crippen LogP contribution in [-0.2, 0) is 9.59 Å². The van der Waals surface area contributed by atoms with Crippen LogP contribution in [0.5, 0.6) is 0 Å². The molecule has 22 heavy (non-hydrogen) atoms. The van der Waals surface area contributed by atoms with Crippen molar-refractivity contribution in [3.8, 4) is 0 Å². The maximum absolute atomic E-state index is 13.0. The Labute approximate surface area is 135 Å². The summed E-state index contributed by atoms with van der Waals surface area (Å²) >= 11 is 0. The van der Waals surface area contributed by atoms with Crippen molar-refractivity contribution in [2.45, 2.75) is 83.6 Å². The van der Waals surface area contributed by atoms with Gasteiger partial charge in [0.1, 0.15) is 5.54 Å². The molecule has 2 fully saturated rings. The van der Waals surface area contributed by atoms with Crippen molar-refractivity contribution in [1.29, 1.82) is 0 Å². The Balaban J connectivity index is 2.04. The van der Waals surface area contributed by atoms with Gasteiger partial charge in [-0.05, 0) is 45.4 Å². The number of carbonyl (C=O) groups is 2. The molecule has 2 amide bonds. The highest BCUT2D eigenvalue weighted by atomic mass is 16.2. The number of amides is 2. The molecule has 0 heterocycles. The summed E-state index contributed by atoms with van der Waals surface area (Å²) in [5.41, 5.74) is -0.625. The lowest BCUT2D eigenvalue weighted by Gasteiger charge is -2.40. The zero-order valence-corrected chi connectivity index (χ0v) is 14.3. The van der Waals surface area contributed by atoms with Crippen LogP contribution in [0.15, 0.2) is 0 Å². The second kappa shape index (κ2) is 7.98. The lowest BCUT2D eigenvalue weighted by Crippen LogP contribution is -2.60. The molecule has 0 spiro atoms. The molecule has 0 aromatic rings. The molecule has 0 unspecified atom stereocenters. The van der Waals surface area contributed by atoms with Crippen LogP contribution in [0.2, 0.25) is 0 Å². The first-order valence-electron chi connectivity index (χ1n) is 9.21. The highest BCUT2D eigenvalue weighted by molar-refractivity contribution is 5.91. The standard InChI is InChI=1S/C18H32N2O2/c1-3-20(4-2)17(22)18(12-8-5-9-13-18)19-16(21)14-15-10-6-7-11-15/h15H,3-14H2,1-2H3,(H,19,21). The van der Waals surface area contributed by atoms with Gasteiger partial charge in [-0.2, -0.15) is 0 Å². The van der Waals surface area contributed by atoms with Crippen LogP contribution >= 0.6 is 0 Å². The molecule has 2 saturated carbocycles. The summed E-state index contributed by atoms with van der Waals surface area (Å²) in [5, 5.41) is 3.18. The predicted octanol–water partition coefficient (Wildman–Crippen LogP) is 3.25.